The minimum atomic E-state index is 0.614. The molecule has 2 N–H and O–H groups in total. The van der Waals surface area contributed by atoms with Gasteiger partial charge >= 0.3 is 0 Å². The van der Waals surface area contributed by atoms with Crippen LogP contribution in [-0.2, 0) is 0 Å². The fourth-order valence-electron chi connectivity index (χ4n) is 2.63. The average Bonchev–Trinajstić information content (AvgIpc) is 3.16. The molecular formula is C18H21N5S. The summed E-state index contributed by atoms with van der Waals surface area (Å²) in [5, 5.41) is 18.0. The van der Waals surface area contributed by atoms with Crippen LogP contribution in [0, 0.1) is 0 Å². The summed E-state index contributed by atoms with van der Waals surface area (Å²) in [4.78, 5) is 1.20. The Balaban J connectivity index is 2.11. The minimum absolute atomic E-state index is 0.614. The van der Waals surface area contributed by atoms with Gasteiger partial charge < -0.3 is 5.32 Å². The Morgan fingerprint density at radius 1 is 1.12 bits per heavy atom. The number of anilines is 1. The number of rotatable bonds is 7. The van der Waals surface area contributed by atoms with Gasteiger partial charge in [-0.15, -0.1) is 22.0 Å². The van der Waals surface area contributed by atoms with E-state index in [1.165, 1.54) is 16.0 Å². The number of benzene rings is 2. The summed E-state index contributed by atoms with van der Waals surface area (Å²) in [6.07, 6.45) is 4.39. The van der Waals surface area contributed by atoms with E-state index in [-0.39, 0.29) is 0 Å². The number of aromatic nitrogens is 4. The second-order valence-corrected chi connectivity index (χ2v) is 6.33. The van der Waals surface area contributed by atoms with E-state index in [1.54, 1.807) is 11.8 Å². The van der Waals surface area contributed by atoms with Crippen molar-refractivity contribution in [3.63, 3.8) is 0 Å². The topological polar surface area (TPSA) is 66.5 Å². The molecule has 1 heterocycles. The van der Waals surface area contributed by atoms with Crippen molar-refractivity contribution in [1.82, 2.24) is 20.6 Å². The normalized spacial score (nSPS) is 10.8. The zero-order valence-electron chi connectivity index (χ0n) is 13.9. The number of unbranched alkanes of at least 4 members (excludes halogenated alkanes) is 1. The molecule has 5 nitrogen and oxygen atoms in total. The number of nitrogens with one attached hydrogen (secondary N) is 2. The number of H-pyrrole nitrogens is 1. The fraction of sp³-hybridized carbons (Fsp3) is 0.278. The molecule has 3 rings (SSSR count). The van der Waals surface area contributed by atoms with Crippen molar-refractivity contribution < 1.29 is 0 Å². The second kappa shape index (κ2) is 7.97. The Morgan fingerprint density at radius 3 is 2.62 bits per heavy atom. The Bertz CT molecular complexity index is 772. The van der Waals surface area contributed by atoms with Gasteiger partial charge in [-0.3, -0.25) is 0 Å². The van der Waals surface area contributed by atoms with Crippen molar-refractivity contribution in [3.05, 3.63) is 42.5 Å². The molecule has 0 aliphatic heterocycles. The predicted molar refractivity (Wildman–Crippen MR) is 100 cm³/mol. The number of hydrogen-bond donors (Lipinski definition) is 2. The molecular weight excluding hydrogens is 318 g/mol. The summed E-state index contributed by atoms with van der Waals surface area (Å²) in [5.41, 5.74) is 4.51. The molecule has 0 amide bonds. The van der Waals surface area contributed by atoms with Crippen LogP contribution >= 0.6 is 11.8 Å². The van der Waals surface area contributed by atoms with E-state index in [0.29, 0.717) is 5.82 Å². The Hall–Kier alpha value is -2.34. The third-order valence-electron chi connectivity index (χ3n) is 3.83. The van der Waals surface area contributed by atoms with Crippen LogP contribution in [0.15, 0.2) is 47.4 Å². The van der Waals surface area contributed by atoms with Crippen molar-refractivity contribution in [1.29, 1.82) is 0 Å². The van der Waals surface area contributed by atoms with Crippen LogP contribution in [-0.4, -0.2) is 33.4 Å². The zero-order chi connectivity index (χ0) is 16.8. The quantitative estimate of drug-likeness (QED) is 0.491. The van der Waals surface area contributed by atoms with Crippen LogP contribution in [0.25, 0.3) is 22.5 Å². The summed E-state index contributed by atoms with van der Waals surface area (Å²) >= 11 is 1.73. The van der Waals surface area contributed by atoms with Gasteiger partial charge in [0.05, 0.1) is 0 Å². The van der Waals surface area contributed by atoms with Gasteiger partial charge in [0.15, 0.2) is 0 Å². The lowest BCUT2D eigenvalue weighted by Crippen LogP contribution is -2.04. The number of nitrogens with zero attached hydrogens (tertiary/aromatic N) is 3. The van der Waals surface area contributed by atoms with E-state index in [4.69, 9.17) is 0 Å². The van der Waals surface area contributed by atoms with Gasteiger partial charge in [-0.05, 0) is 35.6 Å². The standard InChI is InChI=1S/C18H21N5S/c1-3-4-10-19-15-11-14(18-20-22-23-21-18)12-16(24-2)17(15)13-8-6-5-7-9-13/h5-9,11-12,19H,3-4,10H2,1-2H3,(H,20,21,22,23). The maximum atomic E-state index is 4.12. The monoisotopic (exact) mass is 339 g/mol. The fourth-order valence-corrected chi connectivity index (χ4v) is 3.31. The minimum Gasteiger partial charge on any atom is -0.384 e. The predicted octanol–water partition coefficient (Wildman–Crippen LogP) is 4.47. The lowest BCUT2D eigenvalue weighted by molar-refractivity contribution is 0.834. The molecule has 0 unspecified atom stereocenters. The van der Waals surface area contributed by atoms with E-state index in [2.05, 4.69) is 75.5 Å². The smallest absolute Gasteiger partial charge is 0.204 e. The zero-order valence-corrected chi connectivity index (χ0v) is 14.7. The van der Waals surface area contributed by atoms with Crippen LogP contribution in [0.4, 0.5) is 5.69 Å². The molecule has 0 aliphatic rings. The maximum absolute atomic E-state index is 4.12. The highest BCUT2D eigenvalue weighted by Gasteiger charge is 2.15. The first-order chi connectivity index (χ1) is 11.8. The Kier molecular flexibility index (Phi) is 5.48. The van der Waals surface area contributed by atoms with Crippen molar-refractivity contribution >= 4 is 17.4 Å². The first-order valence-electron chi connectivity index (χ1n) is 8.08. The van der Waals surface area contributed by atoms with Crippen LogP contribution in [0.3, 0.4) is 0 Å². The number of hydrogen-bond acceptors (Lipinski definition) is 5. The van der Waals surface area contributed by atoms with Crippen molar-refractivity contribution in [3.8, 4) is 22.5 Å². The highest BCUT2D eigenvalue weighted by molar-refractivity contribution is 7.98. The van der Waals surface area contributed by atoms with Crippen LogP contribution in [0.1, 0.15) is 19.8 Å². The van der Waals surface area contributed by atoms with Gasteiger partial charge in [0, 0.05) is 28.3 Å². The number of thioether (sulfide) groups is 1. The van der Waals surface area contributed by atoms with Gasteiger partial charge in [0.25, 0.3) is 0 Å². The highest BCUT2D eigenvalue weighted by Crippen LogP contribution is 2.39. The molecule has 0 spiro atoms. The van der Waals surface area contributed by atoms with Gasteiger partial charge in [0.1, 0.15) is 0 Å². The molecule has 0 bridgehead atoms. The van der Waals surface area contributed by atoms with Crippen LogP contribution in [0.5, 0.6) is 0 Å². The number of tetrazole rings is 1. The first kappa shape index (κ1) is 16.5. The van der Waals surface area contributed by atoms with Crippen molar-refractivity contribution in [2.75, 3.05) is 18.1 Å². The van der Waals surface area contributed by atoms with Gasteiger partial charge in [-0.2, -0.15) is 5.21 Å². The van der Waals surface area contributed by atoms with E-state index >= 15 is 0 Å². The number of aromatic amines is 1. The van der Waals surface area contributed by atoms with Gasteiger partial charge in [-0.25, -0.2) is 0 Å². The second-order valence-electron chi connectivity index (χ2n) is 5.48. The van der Waals surface area contributed by atoms with E-state index in [1.807, 2.05) is 6.07 Å². The third-order valence-corrected chi connectivity index (χ3v) is 4.60. The first-order valence-corrected chi connectivity index (χ1v) is 9.31. The molecule has 3 aromatic rings. The lowest BCUT2D eigenvalue weighted by atomic mass is 10.0. The highest BCUT2D eigenvalue weighted by atomic mass is 32.2. The lowest BCUT2D eigenvalue weighted by Gasteiger charge is -2.17. The summed E-state index contributed by atoms with van der Waals surface area (Å²) in [6.45, 7) is 3.14. The molecule has 1 aromatic heterocycles. The van der Waals surface area contributed by atoms with Gasteiger partial charge in [0.2, 0.25) is 5.82 Å². The summed E-state index contributed by atoms with van der Waals surface area (Å²) in [7, 11) is 0. The van der Waals surface area contributed by atoms with E-state index in [0.717, 1.165) is 30.6 Å². The molecule has 6 heteroatoms. The molecule has 124 valence electrons. The van der Waals surface area contributed by atoms with E-state index < -0.39 is 0 Å². The molecule has 0 radical (unpaired) electrons. The molecule has 0 atom stereocenters. The van der Waals surface area contributed by atoms with Gasteiger partial charge in [-0.1, -0.05) is 43.7 Å². The molecule has 0 fully saturated rings. The maximum Gasteiger partial charge on any atom is 0.204 e. The largest absolute Gasteiger partial charge is 0.384 e. The summed E-state index contributed by atoms with van der Waals surface area (Å²) in [5.74, 6) is 0.614. The molecule has 2 aromatic carbocycles. The summed E-state index contributed by atoms with van der Waals surface area (Å²) < 4.78 is 0. The molecule has 0 saturated carbocycles. The Labute approximate surface area is 146 Å². The molecule has 0 aliphatic carbocycles. The van der Waals surface area contributed by atoms with Crippen molar-refractivity contribution in [2.24, 2.45) is 0 Å². The van der Waals surface area contributed by atoms with Crippen LogP contribution in [0.2, 0.25) is 0 Å². The Morgan fingerprint density at radius 2 is 1.96 bits per heavy atom. The molecule has 24 heavy (non-hydrogen) atoms. The third kappa shape index (κ3) is 3.59. The van der Waals surface area contributed by atoms with E-state index in [9.17, 15) is 0 Å². The SMILES string of the molecule is CCCCNc1cc(-c2nn[nH]n2)cc(SC)c1-c1ccccc1. The molecule has 0 saturated heterocycles. The summed E-state index contributed by atoms with van der Waals surface area (Å²) in [6, 6.07) is 14.7. The average molecular weight is 339 g/mol. The van der Waals surface area contributed by atoms with Crippen LogP contribution < -0.4 is 5.32 Å². The van der Waals surface area contributed by atoms with Crippen molar-refractivity contribution in [2.45, 2.75) is 24.7 Å².